The zero-order chi connectivity index (χ0) is 17.4. The maximum atomic E-state index is 11.9. The molecule has 126 valence electrons. The van der Waals surface area contributed by atoms with E-state index < -0.39 is 5.97 Å². The van der Waals surface area contributed by atoms with Crippen LogP contribution in [-0.2, 0) is 27.3 Å². The first kappa shape index (κ1) is 17.5. The number of hydrogen-bond donors (Lipinski definition) is 1. The first-order valence-corrected chi connectivity index (χ1v) is 7.69. The predicted molar refractivity (Wildman–Crippen MR) is 90.7 cm³/mol. The standard InChI is InChI=1S/C19H21NO4/c1-14-7-3-4-9-16(14)12-20-18(21)13-24-19(22)11-15-8-5-6-10-17(15)23-2/h3-10H,11-13H2,1-2H3,(H,20,21). The van der Waals surface area contributed by atoms with Crippen LogP contribution in [-0.4, -0.2) is 25.6 Å². The molecule has 1 amide bonds. The summed E-state index contributed by atoms with van der Waals surface area (Å²) >= 11 is 0. The molecule has 0 atom stereocenters. The molecule has 0 bridgehead atoms. The number of carbonyl (C=O) groups is 2. The summed E-state index contributed by atoms with van der Waals surface area (Å²) in [5.41, 5.74) is 2.86. The van der Waals surface area contributed by atoms with Gasteiger partial charge in [0, 0.05) is 12.1 Å². The summed E-state index contributed by atoms with van der Waals surface area (Å²) in [6, 6.07) is 15.0. The second-order valence-electron chi connectivity index (χ2n) is 5.35. The Bertz CT molecular complexity index is 712. The number of nitrogens with one attached hydrogen (secondary N) is 1. The number of hydrogen-bond acceptors (Lipinski definition) is 4. The molecule has 0 aliphatic heterocycles. The molecular formula is C19H21NO4. The average Bonchev–Trinajstić information content (AvgIpc) is 2.59. The van der Waals surface area contributed by atoms with E-state index in [-0.39, 0.29) is 18.9 Å². The Morgan fingerprint density at radius 2 is 1.67 bits per heavy atom. The van der Waals surface area contributed by atoms with Crippen molar-refractivity contribution >= 4 is 11.9 Å². The molecule has 2 aromatic rings. The van der Waals surface area contributed by atoms with Crippen LogP contribution in [0.15, 0.2) is 48.5 Å². The lowest BCUT2D eigenvalue weighted by atomic mass is 10.1. The summed E-state index contributed by atoms with van der Waals surface area (Å²) in [4.78, 5) is 23.7. The van der Waals surface area contributed by atoms with Gasteiger partial charge in [0.15, 0.2) is 6.61 Å². The van der Waals surface area contributed by atoms with E-state index in [0.29, 0.717) is 12.3 Å². The van der Waals surface area contributed by atoms with Crippen LogP contribution in [0.1, 0.15) is 16.7 Å². The number of para-hydroxylation sites is 1. The fraction of sp³-hybridized carbons (Fsp3) is 0.263. The highest BCUT2D eigenvalue weighted by Crippen LogP contribution is 2.17. The highest BCUT2D eigenvalue weighted by Gasteiger charge is 2.11. The molecule has 0 aliphatic carbocycles. The highest BCUT2D eigenvalue weighted by molar-refractivity contribution is 5.81. The van der Waals surface area contributed by atoms with Crippen LogP contribution in [0.3, 0.4) is 0 Å². The van der Waals surface area contributed by atoms with Crippen LogP contribution in [0, 0.1) is 6.92 Å². The van der Waals surface area contributed by atoms with Crippen LogP contribution in [0.4, 0.5) is 0 Å². The van der Waals surface area contributed by atoms with Crippen molar-refractivity contribution in [2.24, 2.45) is 0 Å². The third kappa shape index (κ3) is 5.12. The second-order valence-corrected chi connectivity index (χ2v) is 5.35. The minimum absolute atomic E-state index is 0.0646. The number of methoxy groups -OCH3 is 1. The molecule has 2 aromatic carbocycles. The highest BCUT2D eigenvalue weighted by atomic mass is 16.5. The Balaban J connectivity index is 1.77. The molecule has 0 unspecified atom stereocenters. The maximum Gasteiger partial charge on any atom is 0.310 e. The van der Waals surface area contributed by atoms with Crippen LogP contribution < -0.4 is 10.1 Å². The van der Waals surface area contributed by atoms with E-state index in [1.165, 1.54) is 0 Å². The van der Waals surface area contributed by atoms with Crippen molar-refractivity contribution in [2.45, 2.75) is 19.9 Å². The molecule has 5 nitrogen and oxygen atoms in total. The van der Waals surface area contributed by atoms with E-state index in [0.717, 1.165) is 16.7 Å². The number of benzene rings is 2. The monoisotopic (exact) mass is 327 g/mol. The van der Waals surface area contributed by atoms with Gasteiger partial charge in [-0.05, 0) is 24.1 Å². The smallest absolute Gasteiger partial charge is 0.310 e. The third-order valence-electron chi connectivity index (χ3n) is 3.63. The van der Waals surface area contributed by atoms with Crippen LogP contribution >= 0.6 is 0 Å². The molecule has 0 saturated heterocycles. The van der Waals surface area contributed by atoms with Gasteiger partial charge in [-0.3, -0.25) is 9.59 Å². The molecule has 5 heteroatoms. The first-order valence-electron chi connectivity index (χ1n) is 7.69. The molecule has 0 heterocycles. The van der Waals surface area contributed by atoms with Gasteiger partial charge in [0.2, 0.25) is 0 Å². The Morgan fingerprint density at radius 3 is 2.38 bits per heavy atom. The van der Waals surface area contributed by atoms with Crippen molar-refractivity contribution in [2.75, 3.05) is 13.7 Å². The molecule has 1 N–H and O–H groups in total. The molecule has 0 spiro atoms. The van der Waals surface area contributed by atoms with Crippen molar-refractivity contribution in [3.05, 3.63) is 65.2 Å². The normalized spacial score (nSPS) is 10.1. The Morgan fingerprint density at radius 1 is 1.00 bits per heavy atom. The van der Waals surface area contributed by atoms with E-state index in [2.05, 4.69) is 5.32 Å². The summed E-state index contributed by atoms with van der Waals surface area (Å²) in [5.74, 6) is -0.171. The Labute approximate surface area is 141 Å². The predicted octanol–water partition coefficient (Wildman–Crippen LogP) is 2.41. The van der Waals surface area contributed by atoms with Gasteiger partial charge < -0.3 is 14.8 Å². The van der Waals surface area contributed by atoms with Crippen molar-refractivity contribution in [1.29, 1.82) is 0 Å². The fourth-order valence-electron chi connectivity index (χ4n) is 2.25. The van der Waals surface area contributed by atoms with Crippen molar-refractivity contribution < 1.29 is 19.1 Å². The van der Waals surface area contributed by atoms with Gasteiger partial charge in [0.25, 0.3) is 5.91 Å². The van der Waals surface area contributed by atoms with Crippen molar-refractivity contribution in [3.63, 3.8) is 0 Å². The molecule has 0 saturated carbocycles. The number of ether oxygens (including phenoxy) is 2. The van der Waals surface area contributed by atoms with Gasteiger partial charge in [-0.2, -0.15) is 0 Å². The SMILES string of the molecule is COc1ccccc1CC(=O)OCC(=O)NCc1ccccc1C. The topological polar surface area (TPSA) is 64.6 Å². The van der Waals surface area contributed by atoms with E-state index in [9.17, 15) is 9.59 Å². The summed E-state index contributed by atoms with van der Waals surface area (Å²) in [6.45, 7) is 2.10. The second kappa shape index (κ2) is 8.72. The lowest BCUT2D eigenvalue weighted by molar-refractivity contribution is -0.147. The minimum atomic E-state index is -0.467. The summed E-state index contributed by atoms with van der Waals surface area (Å²) < 4.78 is 10.2. The zero-order valence-electron chi connectivity index (χ0n) is 13.9. The van der Waals surface area contributed by atoms with Crippen LogP contribution in [0.2, 0.25) is 0 Å². The van der Waals surface area contributed by atoms with Crippen molar-refractivity contribution in [3.8, 4) is 5.75 Å². The molecule has 0 fully saturated rings. The molecule has 24 heavy (non-hydrogen) atoms. The molecular weight excluding hydrogens is 306 g/mol. The lowest BCUT2D eigenvalue weighted by Crippen LogP contribution is -2.29. The maximum absolute atomic E-state index is 11.9. The van der Waals surface area contributed by atoms with Gasteiger partial charge in [-0.1, -0.05) is 42.5 Å². The molecule has 2 rings (SSSR count). The number of carbonyl (C=O) groups excluding carboxylic acids is 2. The quantitative estimate of drug-likeness (QED) is 0.793. The zero-order valence-corrected chi connectivity index (χ0v) is 13.9. The summed E-state index contributed by atoms with van der Waals surface area (Å²) in [7, 11) is 1.54. The number of esters is 1. The number of aryl methyl sites for hydroxylation is 1. The Kier molecular flexibility index (Phi) is 6.37. The third-order valence-corrected chi connectivity index (χ3v) is 3.63. The summed E-state index contributed by atoms with van der Waals surface area (Å²) in [6.07, 6.45) is 0.0646. The van der Waals surface area contributed by atoms with Gasteiger partial charge >= 0.3 is 5.97 Å². The van der Waals surface area contributed by atoms with E-state index >= 15 is 0 Å². The molecule has 0 radical (unpaired) electrons. The van der Waals surface area contributed by atoms with Gasteiger partial charge in [0.1, 0.15) is 5.75 Å². The fourth-order valence-corrected chi connectivity index (χ4v) is 2.25. The molecule has 0 aromatic heterocycles. The van der Waals surface area contributed by atoms with Crippen molar-refractivity contribution in [1.82, 2.24) is 5.32 Å². The van der Waals surface area contributed by atoms with Crippen LogP contribution in [0.5, 0.6) is 5.75 Å². The van der Waals surface area contributed by atoms with E-state index in [1.54, 1.807) is 19.2 Å². The first-order chi connectivity index (χ1) is 11.6. The van der Waals surface area contributed by atoms with Gasteiger partial charge in [-0.25, -0.2) is 0 Å². The number of amides is 1. The largest absolute Gasteiger partial charge is 0.496 e. The van der Waals surface area contributed by atoms with E-state index in [4.69, 9.17) is 9.47 Å². The van der Waals surface area contributed by atoms with E-state index in [1.807, 2.05) is 43.3 Å². The lowest BCUT2D eigenvalue weighted by Gasteiger charge is -2.10. The van der Waals surface area contributed by atoms with Gasteiger partial charge in [0.05, 0.1) is 13.5 Å². The minimum Gasteiger partial charge on any atom is -0.496 e. The number of rotatable bonds is 7. The Hall–Kier alpha value is -2.82. The summed E-state index contributed by atoms with van der Waals surface area (Å²) in [5, 5.41) is 2.74. The average molecular weight is 327 g/mol. The molecule has 0 aliphatic rings. The van der Waals surface area contributed by atoms with Crippen LogP contribution in [0.25, 0.3) is 0 Å². The van der Waals surface area contributed by atoms with Gasteiger partial charge in [-0.15, -0.1) is 0 Å².